The first-order valence-corrected chi connectivity index (χ1v) is 6.60. The fraction of sp³-hybridized carbons (Fsp3) is 0.533. The smallest absolute Gasteiger partial charge is 0.222 e. The molecule has 0 aliphatic rings. The number of aliphatic hydroxyl groups excluding tert-OH is 1. The van der Waals surface area contributed by atoms with Gasteiger partial charge >= 0.3 is 0 Å². The SMILES string of the molecule is COCC(O)CN(C)C(=O)CCc1ccc(OC)cc1. The third-order valence-corrected chi connectivity index (χ3v) is 3.06. The van der Waals surface area contributed by atoms with Crippen molar-refractivity contribution in [3.63, 3.8) is 0 Å². The third kappa shape index (κ3) is 5.59. The number of rotatable bonds is 8. The molecule has 1 amide bonds. The van der Waals surface area contributed by atoms with Gasteiger partial charge in [0.05, 0.1) is 19.8 Å². The summed E-state index contributed by atoms with van der Waals surface area (Å²) in [7, 11) is 4.84. The zero-order valence-corrected chi connectivity index (χ0v) is 12.3. The second kappa shape index (κ2) is 8.55. The molecule has 0 heterocycles. The van der Waals surface area contributed by atoms with Gasteiger partial charge in [-0.2, -0.15) is 0 Å². The Hall–Kier alpha value is -1.59. The van der Waals surface area contributed by atoms with E-state index < -0.39 is 6.10 Å². The van der Waals surface area contributed by atoms with Crippen LogP contribution in [-0.2, 0) is 16.0 Å². The van der Waals surface area contributed by atoms with Gasteiger partial charge in [-0.25, -0.2) is 0 Å². The van der Waals surface area contributed by atoms with Gasteiger partial charge in [-0.15, -0.1) is 0 Å². The number of aliphatic hydroxyl groups is 1. The fourth-order valence-corrected chi connectivity index (χ4v) is 1.90. The van der Waals surface area contributed by atoms with Crippen LogP contribution >= 0.6 is 0 Å². The summed E-state index contributed by atoms with van der Waals surface area (Å²) < 4.78 is 9.92. The van der Waals surface area contributed by atoms with Crippen LogP contribution in [0.4, 0.5) is 0 Å². The number of ether oxygens (including phenoxy) is 2. The van der Waals surface area contributed by atoms with Gasteiger partial charge < -0.3 is 19.5 Å². The van der Waals surface area contributed by atoms with Crippen molar-refractivity contribution < 1.29 is 19.4 Å². The van der Waals surface area contributed by atoms with Gasteiger partial charge in [0.2, 0.25) is 5.91 Å². The molecule has 112 valence electrons. The summed E-state index contributed by atoms with van der Waals surface area (Å²) in [5, 5.41) is 9.58. The van der Waals surface area contributed by atoms with Crippen LogP contribution < -0.4 is 4.74 Å². The lowest BCUT2D eigenvalue weighted by atomic mass is 10.1. The molecule has 20 heavy (non-hydrogen) atoms. The molecule has 1 aromatic rings. The van der Waals surface area contributed by atoms with Gasteiger partial charge in [-0.3, -0.25) is 4.79 Å². The van der Waals surface area contributed by atoms with E-state index >= 15 is 0 Å². The maximum absolute atomic E-state index is 11.9. The van der Waals surface area contributed by atoms with Gasteiger partial charge in [0, 0.05) is 27.1 Å². The van der Waals surface area contributed by atoms with Crippen LogP contribution in [0.2, 0.25) is 0 Å². The van der Waals surface area contributed by atoms with Crippen LogP contribution in [0.3, 0.4) is 0 Å². The predicted octanol–water partition coefficient (Wildman–Crippen LogP) is 1.09. The van der Waals surface area contributed by atoms with E-state index in [-0.39, 0.29) is 19.1 Å². The molecule has 1 aromatic carbocycles. The molecule has 5 heteroatoms. The molecule has 1 atom stereocenters. The van der Waals surface area contributed by atoms with Crippen LogP contribution in [0.1, 0.15) is 12.0 Å². The summed E-state index contributed by atoms with van der Waals surface area (Å²) in [5.41, 5.74) is 1.09. The summed E-state index contributed by atoms with van der Waals surface area (Å²) in [6.07, 6.45) is 0.450. The molecule has 0 fully saturated rings. The summed E-state index contributed by atoms with van der Waals surface area (Å²) in [5.74, 6) is 0.816. The Morgan fingerprint density at radius 1 is 1.30 bits per heavy atom. The highest BCUT2D eigenvalue weighted by molar-refractivity contribution is 5.76. The Kier molecular flexibility index (Phi) is 7.04. The molecule has 1 rings (SSSR count). The maximum atomic E-state index is 11.9. The minimum Gasteiger partial charge on any atom is -0.497 e. The van der Waals surface area contributed by atoms with Crippen LogP contribution in [0, 0.1) is 0 Å². The summed E-state index contributed by atoms with van der Waals surface area (Å²) in [6, 6.07) is 7.66. The maximum Gasteiger partial charge on any atom is 0.222 e. The van der Waals surface area contributed by atoms with E-state index in [4.69, 9.17) is 9.47 Å². The summed E-state index contributed by atoms with van der Waals surface area (Å²) in [4.78, 5) is 13.5. The number of aryl methyl sites for hydroxylation is 1. The molecule has 1 N–H and O–H groups in total. The lowest BCUT2D eigenvalue weighted by Gasteiger charge is -2.20. The van der Waals surface area contributed by atoms with E-state index in [1.165, 1.54) is 12.0 Å². The fourth-order valence-electron chi connectivity index (χ4n) is 1.90. The van der Waals surface area contributed by atoms with E-state index in [1.807, 2.05) is 24.3 Å². The van der Waals surface area contributed by atoms with E-state index in [9.17, 15) is 9.90 Å². The zero-order valence-electron chi connectivity index (χ0n) is 12.3. The van der Waals surface area contributed by atoms with Crippen molar-refractivity contribution in [2.75, 3.05) is 34.4 Å². The van der Waals surface area contributed by atoms with Gasteiger partial charge in [-0.05, 0) is 24.1 Å². The number of methoxy groups -OCH3 is 2. The van der Waals surface area contributed by atoms with E-state index in [2.05, 4.69) is 0 Å². The Balaban J connectivity index is 2.37. The second-order valence-corrected chi connectivity index (χ2v) is 4.73. The van der Waals surface area contributed by atoms with Crippen molar-refractivity contribution in [1.29, 1.82) is 0 Å². The van der Waals surface area contributed by atoms with Crippen LogP contribution in [0.25, 0.3) is 0 Å². The Morgan fingerprint density at radius 2 is 1.95 bits per heavy atom. The normalized spacial score (nSPS) is 12.0. The van der Waals surface area contributed by atoms with Crippen LogP contribution in [-0.4, -0.2) is 56.4 Å². The molecule has 1 unspecified atom stereocenters. The molecule has 0 aliphatic heterocycles. The lowest BCUT2D eigenvalue weighted by molar-refractivity contribution is -0.131. The quantitative estimate of drug-likeness (QED) is 0.775. The van der Waals surface area contributed by atoms with Crippen molar-refractivity contribution >= 4 is 5.91 Å². The molecule has 0 saturated heterocycles. The first-order chi connectivity index (χ1) is 9.56. The van der Waals surface area contributed by atoms with Crippen molar-refractivity contribution in [2.24, 2.45) is 0 Å². The number of benzene rings is 1. The zero-order chi connectivity index (χ0) is 15.0. The molecule has 0 radical (unpaired) electrons. The number of carbonyl (C=O) groups is 1. The average molecular weight is 281 g/mol. The highest BCUT2D eigenvalue weighted by Crippen LogP contribution is 2.13. The first kappa shape index (κ1) is 16.5. The number of nitrogens with zero attached hydrogens (tertiary/aromatic N) is 1. The minimum absolute atomic E-state index is 0.0102. The van der Waals surface area contributed by atoms with Crippen molar-refractivity contribution in [2.45, 2.75) is 18.9 Å². The van der Waals surface area contributed by atoms with E-state index in [0.717, 1.165) is 11.3 Å². The molecule has 0 spiro atoms. The van der Waals surface area contributed by atoms with Gasteiger partial charge in [0.25, 0.3) is 0 Å². The number of amides is 1. The lowest BCUT2D eigenvalue weighted by Crippen LogP contribution is -2.36. The summed E-state index contributed by atoms with van der Waals surface area (Å²) >= 11 is 0. The van der Waals surface area contributed by atoms with Gasteiger partial charge in [0.15, 0.2) is 0 Å². The highest BCUT2D eigenvalue weighted by Gasteiger charge is 2.13. The molecule has 0 aromatic heterocycles. The Bertz CT molecular complexity index is 405. The van der Waals surface area contributed by atoms with Crippen LogP contribution in [0.15, 0.2) is 24.3 Å². The number of carbonyl (C=O) groups excluding carboxylic acids is 1. The molecule has 0 bridgehead atoms. The predicted molar refractivity (Wildman–Crippen MR) is 76.8 cm³/mol. The van der Waals surface area contributed by atoms with Gasteiger partial charge in [-0.1, -0.05) is 12.1 Å². The van der Waals surface area contributed by atoms with Crippen LogP contribution in [0.5, 0.6) is 5.75 Å². The second-order valence-electron chi connectivity index (χ2n) is 4.73. The molecule has 0 aliphatic carbocycles. The summed E-state index contributed by atoms with van der Waals surface area (Å²) in [6.45, 7) is 0.519. The largest absolute Gasteiger partial charge is 0.497 e. The first-order valence-electron chi connectivity index (χ1n) is 6.60. The number of hydrogen-bond acceptors (Lipinski definition) is 4. The third-order valence-electron chi connectivity index (χ3n) is 3.06. The van der Waals surface area contributed by atoms with Crippen molar-refractivity contribution in [3.05, 3.63) is 29.8 Å². The van der Waals surface area contributed by atoms with E-state index in [1.54, 1.807) is 14.2 Å². The standard InChI is InChI=1S/C15H23NO4/c1-16(10-13(17)11-19-2)15(18)9-6-12-4-7-14(20-3)8-5-12/h4-5,7-8,13,17H,6,9-11H2,1-3H3. The Labute approximate surface area is 120 Å². The molecule has 0 saturated carbocycles. The average Bonchev–Trinajstić information content (AvgIpc) is 2.45. The van der Waals surface area contributed by atoms with Crippen molar-refractivity contribution in [3.8, 4) is 5.75 Å². The minimum atomic E-state index is -0.644. The van der Waals surface area contributed by atoms with E-state index in [0.29, 0.717) is 12.8 Å². The number of hydrogen-bond donors (Lipinski definition) is 1. The molecular formula is C15H23NO4. The monoisotopic (exact) mass is 281 g/mol. The molecular weight excluding hydrogens is 258 g/mol. The Morgan fingerprint density at radius 3 is 2.50 bits per heavy atom. The number of likely N-dealkylation sites (N-methyl/N-ethyl adjacent to an activating group) is 1. The highest BCUT2D eigenvalue weighted by atomic mass is 16.5. The van der Waals surface area contributed by atoms with Crippen molar-refractivity contribution in [1.82, 2.24) is 4.90 Å². The van der Waals surface area contributed by atoms with Gasteiger partial charge in [0.1, 0.15) is 5.75 Å². The topological polar surface area (TPSA) is 59.0 Å². The molecule has 5 nitrogen and oxygen atoms in total.